The van der Waals surface area contributed by atoms with E-state index in [9.17, 15) is 0 Å². The molecule has 1 saturated heterocycles. The fourth-order valence-electron chi connectivity index (χ4n) is 2.17. The van der Waals surface area contributed by atoms with E-state index < -0.39 is 0 Å². The van der Waals surface area contributed by atoms with E-state index in [0.717, 1.165) is 6.42 Å². The van der Waals surface area contributed by atoms with E-state index in [1.165, 1.54) is 7.11 Å². The second kappa shape index (κ2) is 5.49. The number of hydrogen-bond donors (Lipinski definition) is 1. The molecule has 3 atom stereocenters. The molecule has 1 aromatic heterocycles. The van der Waals surface area contributed by atoms with E-state index in [1.807, 2.05) is 6.92 Å². The maximum absolute atomic E-state index is 6.23. The molecule has 0 aromatic carbocycles. The zero-order valence-corrected chi connectivity index (χ0v) is 10.9. The summed E-state index contributed by atoms with van der Waals surface area (Å²) in [5, 5.41) is 0. The van der Waals surface area contributed by atoms with Gasteiger partial charge in [0, 0.05) is 5.92 Å². The van der Waals surface area contributed by atoms with Crippen LogP contribution in [0.4, 0.5) is 0 Å². The summed E-state index contributed by atoms with van der Waals surface area (Å²) < 4.78 is 15.8. The van der Waals surface area contributed by atoms with Gasteiger partial charge in [0.25, 0.3) is 0 Å². The first-order valence-corrected chi connectivity index (χ1v) is 5.97. The average Bonchev–Trinajstić information content (AvgIpc) is 2.83. The van der Waals surface area contributed by atoms with Crippen LogP contribution in [0.15, 0.2) is 6.20 Å². The molecule has 3 unspecified atom stereocenters. The number of aromatic nitrogens is 2. The molecule has 0 amide bonds. The van der Waals surface area contributed by atoms with Gasteiger partial charge in [0.05, 0.1) is 39.2 Å². The van der Waals surface area contributed by atoms with E-state index in [4.69, 9.17) is 19.9 Å². The predicted octanol–water partition coefficient (Wildman–Crippen LogP) is 0.919. The fourth-order valence-corrected chi connectivity index (χ4v) is 2.17. The number of nitrogens with zero attached hydrogens (tertiary/aromatic N) is 2. The van der Waals surface area contributed by atoms with Crippen LogP contribution in [0.25, 0.3) is 0 Å². The summed E-state index contributed by atoms with van der Waals surface area (Å²) in [6, 6.07) is -0.233. The Kier molecular flexibility index (Phi) is 3.98. The van der Waals surface area contributed by atoms with Gasteiger partial charge in [-0.3, -0.25) is 0 Å². The second-order valence-electron chi connectivity index (χ2n) is 4.47. The van der Waals surface area contributed by atoms with Crippen molar-refractivity contribution in [3.63, 3.8) is 0 Å². The van der Waals surface area contributed by atoms with Gasteiger partial charge in [-0.15, -0.1) is 0 Å². The highest BCUT2D eigenvalue weighted by Gasteiger charge is 2.31. The van der Waals surface area contributed by atoms with Crippen LogP contribution in [0, 0.1) is 5.92 Å². The first-order chi connectivity index (χ1) is 8.65. The third-order valence-corrected chi connectivity index (χ3v) is 3.20. The summed E-state index contributed by atoms with van der Waals surface area (Å²) in [6.07, 6.45) is 2.73. The molecule has 2 heterocycles. The number of nitrogens with two attached hydrogens (primary N) is 1. The Morgan fingerprint density at radius 3 is 2.78 bits per heavy atom. The first kappa shape index (κ1) is 13.0. The Balaban J connectivity index is 2.21. The fraction of sp³-hybridized carbons (Fsp3) is 0.667. The van der Waals surface area contributed by atoms with Gasteiger partial charge in [-0.25, -0.2) is 4.98 Å². The van der Waals surface area contributed by atoms with E-state index >= 15 is 0 Å². The molecule has 6 heteroatoms. The smallest absolute Gasteiger partial charge is 0.240 e. The van der Waals surface area contributed by atoms with Crippen LogP contribution in [0.3, 0.4) is 0 Å². The Hall–Kier alpha value is -1.40. The molecule has 1 aliphatic heterocycles. The number of methoxy groups -OCH3 is 2. The summed E-state index contributed by atoms with van der Waals surface area (Å²) in [5.41, 5.74) is 6.88. The topological polar surface area (TPSA) is 79.5 Å². The van der Waals surface area contributed by atoms with Crippen molar-refractivity contribution in [1.29, 1.82) is 0 Å². The lowest BCUT2D eigenvalue weighted by Gasteiger charge is -2.18. The number of hydrogen-bond acceptors (Lipinski definition) is 6. The first-order valence-electron chi connectivity index (χ1n) is 5.97. The highest BCUT2D eigenvalue weighted by atomic mass is 16.5. The van der Waals surface area contributed by atoms with Gasteiger partial charge in [-0.2, -0.15) is 4.98 Å². The van der Waals surface area contributed by atoms with Gasteiger partial charge in [-0.05, 0) is 13.3 Å². The van der Waals surface area contributed by atoms with Gasteiger partial charge in [0.2, 0.25) is 11.8 Å². The lowest BCUT2D eigenvalue weighted by Crippen LogP contribution is -2.24. The standard InChI is InChI=1S/C12H19N3O3/c1-7-4-8(6-18-7)10(13)11-12(17-3)15-9(16-2)5-14-11/h5,7-8,10H,4,6,13H2,1-3H3. The van der Waals surface area contributed by atoms with E-state index in [-0.39, 0.29) is 18.1 Å². The van der Waals surface area contributed by atoms with Crippen LogP contribution in [0.1, 0.15) is 25.1 Å². The molecule has 0 aliphatic carbocycles. The molecule has 1 aromatic rings. The molecule has 0 radical (unpaired) electrons. The SMILES string of the molecule is COc1cnc(C(N)C2COC(C)C2)c(OC)n1. The van der Waals surface area contributed by atoms with Gasteiger partial charge >= 0.3 is 0 Å². The normalized spacial score (nSPS) is 24.9. The molecule has 2 N–H and O–H groups in total. The minimum Gasteiger partial charge on any atom is -0.480 e. The Labute approximate surface area is 106 Å². The van der Waals surface area contributed by atoms with E-state index in [1.54, 1.807) is 13.3 Å². The Morgan fingerprint density at radius 1 is 1.44 bits per heavy atom. The molecule has 100 valence electrons. The third-order valence-electron chi connectivity index (χ3n) is 3.20. The minimum absolute atomic E-state index is 0.233. The van der Waals surface area contributed by atoms with Crippen LogP contribution in [0.5, 0.6) is 11.8 Å². The van der Waals surface area contributed by atoms with Crippen molar-refractivity contribution in [2.24, 2.45) is 11.7 Å². The quantitative estimate of drug-likeness (QED) is 0.859. The summed E-state index contributed by atoms with van der Waals surface area (Å²) in [5.74, 6) is 1.08. The maximum atomic E-state index is 6.23. The van der Waals surface area contributed by atoms with Crippen molar-refractivity contribution in [1.82, 2.24) is 9.97 Å². The van der Waals surface area contributed by atoms with Crippen molar-refractivity contribution in [3.05, 3.63) is 11.9 Å². The van der Waals surface area contributed by atoms with Crippen molar-refractivity contribution in [2.45, 2.75) is 25.5 Å². The highest BCUT2D eigenvalue weighted by molar-refractivity contribution is 5.26. The zero-order chi connectivity index (χ0) is 13.1. The Bertz CT molecular complexity index is 414. The number of rotatable bonds is 4. The van der Waals surface area contributed by atoms with E-state index in [0.29, 0.717) is 24.1 Å². The van der Waals surface area contributed by atoms with Crippen LogP contribution >= 0.6 is 0 Å². The molecular formula is C12H19N3O3. The molecule has 0 spiro atoms. The highest BCUT2D eigenvalue weighted by Crippen LogP contribution is 2.32. The summed E-state index contributed by atoms with van der Waals surface area (Å²) >= 11 is 0. The summed E-state index contributed by atoms with van der Waals surface area (Å²) in [7, 11) is 3.09. The lowest BCUT2D eigenvalue weighted by molar-refractivity contribution is 0.118. The number of ether oxygens (including phenoxy) is 3. The molecular weight excluding hydrogens is 234 g/mol. The molecule has 18 heavy (non-hydrogen) atoms. The molecule has 0 bridgehead atoms. The Morgan fingerprint density at radius 2 is 2.22 bits per heavy atom. The predicted molar refractivity (Wildman–Crippen MR) is 65.6 cm³/mol. The monoisotopic (exact) mass is 253 g/mol. The average molecular weight is 253 g/mol. The van der Waals surface area contributed by atoms with Crippen LogP contribution in [-0.4, -0.2) is 36.9 Å². The third kappa shape index (κ3) is 2.54. The van der Waals surface area contributed by atoms with Gasteiger partial charge in [-0.1, -0.05) is 0 Å². The molecule has 1 fully saturated rings. The maximum Gasteiger partial charge on any atom is 0.240 e. The van der Waals surface area contributed by atoms with Crippen molar-refractivity contribution < 1.29 is 14.2 Å². The van der Waals surface area contributed by atoms with Gasteiger partial charge in [0.1, 0.15) is 5.69 Å². The largest absolute Gasteiger partial charge is 0.480 e. The van der Waals surface area contributed by atoms with Crippen molar-refractivity contribution in [3.8, 4) is 11.8 Å². The summed E-state index contributed by atoms with van der Waals surface area (Å²) in [4.78, 5) is 8.49. The molecule has 2 rings (SSSR count). The molecule has 1 aliphatic rings. The van der Waals surface area contributed by atoms with Crippen LogP contribution in [0.2, 0.25) is 0 Å². The zero-order valence-electron chi connectivity index (χ0n) is 10.9. The van der Waals surface area contributed by atoms with Gasteiger partial charge < -0.3 is 19.9 Å². The minimum atomic E-state index is -0.233. The van der Waals surface area contributed by atoms with E-state index in [2.05, 4.69) is 9.97 Å². The summed E-state index contributed by atoms with van der Waals surface area (Å²) in [6.45, 7) is 2.70. The van der Waals surface area contributed by atoms with Crippen LogP contribution < -0.4 is 15.2 Å². The van der Waals surface area contributed by atoms with Gasteiger partial charge in [0.15, 0.2) is 0 Å². The van der Waals surface area contributed by atoms with Crippen molar-refractivity contribution >= 4 is 0 Å². The van der Waals surface area contributed by atoms with Crippen molar-refractivity contribution in [2.75, 3.05) is 20.8 Å². The van der Waals surface area contributed by atoms with Crippen LogP contribution in [-0.2, 0) is 4.74 Å². The lowest BCUT2D eigenvalue weighted by atomic mass is 9.95. The molecule has 0 saturated carbocycles. The second-order valence-corrected chi connectivity index (χ2v) is 4.47. The molecule has 6 nitrogen and oxygen atoms in total.